The summed E-state index contributed by atoms with van der Waals surface area (Å²) in [6.07, 6.45) is -3.68. The molecule has 0 aliphatic heterocycles. The molecule has 0 aliphatic rings. The van der Waals surface area contributed by atoms with Gasteiger partial charge in [-0.05, 0) is 22.6 Å². The highest BCUT2D eigenvalue weighted by molar-refractivity contribution is 14.1. The van der Waals surface area contributed by atoms with Crippen molar-refractivity contribution in [3.8, 4) is 5.88 Å². The molecule has 0 bridgehead atoms. The van der Waals surface area contributed by atoms with Crippen LogP contribution >= 0.6 is 34.2 Å². The first kappa shape index (κ1) is 13.8. The lowest BCUT2D eigenvalue weighted by Gasteiger charge is -2.13. The number of aliphatic hydroxyl groups excluding tert-OH is 1. The molecule has 1 aromatic heterocycles. The minimum Gasteiger partial charge on any atom is -0.392 e. The number of aromatic nitrogens is 1. The van der Waals surface area contributed by atoms with Crippen LogP contribution < -0.4 is 4.74 Å². The minimum atomic E-state index is -4.81. The van der Waals surface area contributed by atoms with E-state index >= 15 is 0 Å². The fourth-order valence-electron chi connectivity index (χ4n) is 0.982. The molecule has 0 atom stereocenters. The highest BCUT2D eigenvalue weighted by Crippen LogP contribution is 2.30. The topological polar surface area (TPSA) is 42.4 Å². The summed E-state index contributed by atoms with van der Waals surface area (Å²) >= 11 is 7.31. The number of nitrogens with zero attached hydrogens (tertiary/aromatic N) is 1. The lowest BCUT2D eigenvalue weighted by molar-refractivity contribution is -0.276. The molecule has 0 saturated carbocycles. The van der Waals surface area contributed by atoms with Crippen molar-refractivity contribution in [2.45, 2.75) is 18.8 Å². The van der Waals surface area contributed by atoms with E-state index < -0.39 is 12.2 Å². The molecule has 90 valence electrons. The summed E-state index contributed by atoms with van der Waals surface area (Å²) in [5, 5.41) is 8.91. The third-order valence-electron chi connectivity index (χ3n) is 1.66. The second kappa shape index (κ2) is 5.37. The van der Waals surface area contributed by atoms with Gasteiger partial charge in [-0.25, -0.2) is 4.98 Å². The molecule has 1 rings (SSSR count). The quantitative estimate of drug-likeness (QED) is 0.660. The smallest absolute Gasteiger partial charge is 0.392 e. The first-order chi connectivity index (χ1) is 7.39. The maximum Gasteiger partial charge on any atom is 0.574 e. The van der Waals surface area contributed by atoms with E-state index in [4.69, 9.17) is 16.7 Å². The third kappa shape index (κ3) is 3.36. The van der Waals surface area contributed by atoms with Gasteiger partial charge in [-0.2, -0.15) is 0 Å². The summed E-state index contributed by atoms with van der Waals surface area (Å²) in [6, 6.07) is 0. The number of ether oxygens (including phenoxy) is 1. The second-order valence-electron chi connectivity index (χ2n) is 2.72. The molecule has 1 aromatic rings. The van der Waals surface area contributed by atoms with Crippen LogP contribution in [0.15, 0.2) is 6.20 Å². The zero-order chi connectivity index (χ0) is 12.3. The van der Waals surface area contributed by atoms with Gasteiger partial charge in [0.1, 0.15) is 0 Å². The van der Waals surface area contributed by atoms with E-state index in [9.17, 15) is 13.2 Å². The SMILES string of the molecule is OCc1cnc(OC(F)(F)F)c(CCl)c1I. The molecule has 0 unspecified atom stereocenters. The Labute approximate surface area is 108 Å². The molecule has 0 spiro atoms. The number of pyridine rings is 1. The maximum atomic E-state index is 12.0. The van der Waals surface area contributed by atoms with Crippen LogP contribution in [0.25, 0.3) is 0 Å². The number of hydrogen-bond donors (Lipinski definition) is 1. The summed E-state index contributed by atoms with van der Waals surface area (Å²) in [7, 11) is 0. The molecule has 0 fully saturated rings. The number of aliphatic hydroxyl groups is 1. The Morgan fingerprint density at radius 1 is 1.50 bits per heavy atom. The number of hydrogen-bond acceptors (Lipinski definition) is 3. The zero-order valence-electron chi connectivity index (χ0n) is 7.68. The molecule has 0 aromatic carbocycles. The molecule has 1 heterocycles. The van der Waals surface area contributed by atoms with E-state index in [1.54, 1.807) is 22.6 Å². The van der Waals surface area contributed by atoms with Crippen LogP contribution in [-0.4, -0.2) is 16.5 Å². The molecule has 16 heavy (non-hydrogen) atoms. The van der Waals surface area contributed by atoms with E-state index in [0.717, 1.165) is 6.20 Å². The van der Waals surface area contributed by atoms with E-state index in [1.165, 1.54) is 0 Å². The van der Waals surface area contributed by atoms with Gasteiger partial charge in [-0.15, -0.1) is 24.8 Å². The van der Waals surface area contributed by atoms with Gasteiger partial charge in [0, 0.05) is 20.9 Å². The van der Waals surface area contributed by atoms with Crippen LogP contribution in [0.1, 0.15) is 11.1 Å². The standard InChI is InChI=1S/C8H6ClF3INO2/c9-1-5-6(13)4(3-15)2-14-7(5)16-8(10,11)12/h2,15H,1,3H2. The number of alkyl halides is 4. The lowest BCUT2D eigenvalue weighted by atomic mass is 10.2. The fourth-order valence-corrected chi connectivity index (χ4v) is 2.19. The molecular weight excluding hydrogens is 361 g/mol. The average molecular weight is 367 g/mol. The van der Waals surface area contributed by atoms with Crippen molar-refractivity contribution in [2.24, 2.45) is 0 Å². The fraction of sp³-hybridized carbons (Fsp3) is 0.375. The normalized spacial score (nSPS) is 11.6. The van der Waals surface area contributed by atoms with Crippen LogP contribution in [0.3, 0.4) is 0 Å². The minimum absolute atomic E-state index is 0.117. The summed E-state index contributed by atoms with van der Waals surface area (Å²) in [4.78, 5) is 3.48. The summed E-state index contributed by atoms with van der Waals surface area (Å²) in [5.41, 5.74) is 0.525. The van der Waals surface area contributed by atoms with E-state index in [0.29, 0.717) is 9.13 Å². The van der Waals surface area contributed by atoms with Crippen LogP contribution in [0.4, 0.5) is 13.2 Å². The molecular formula is C8H6ClF3INO2. The van der Waals surface area contributed by atoms with Crippen LogP contribution in [0.2, 0.25) is 0 Å². The Hall–Kier alpha value is -0.280. The van der Waals surface area contributed by atoms with Gasteiger partial charge in [-0.3, -0.25) is 0 Å². The largest absolute Gasteiger partial charge is 0.574 e. The van der Waals surface area contributed by atoms with E-state index in [-0.39, 0.29) is 18.1 Å². The van der Waals surface area contributed by atoms with Gasteiger partial charge in [-0.1, -0.05) is 0 Å². The first-order valence-corrected chi connectivity index (χ1v) is 5.59. The van der Waals surface area contributed by atoms with Crippen molar-refractivity contribution in [2.75, 3.05) is 0 Å². The number of rotatable bonds is 3. The van der Waals surface area contributed by atoms with Gasteiger partial charge in [0.25, 0.3) is 0 Å². The van der Waals surface area contributed by atoms with Gasteiger partial charge in [0.2, 0.25) is 5.88 Å². The first-order valence-electron chi connectivity index (χ1n) is 3.98. The molecule has 3 nitrogen and oxygen atoms in total. The molecule has 8 heteroatoms. The third-order valence-corrected chi connectivity index (χ3v) is 3.27. The molecule has 0 saturated heterocycles. The maximum absolute atomic E-state index is 12.0. The van der Waals surface area contributed by atoms with Crippen molar-refractivity contribution >= 4 is 34.2 Å². The Morgan fingerprint density at radius 3 is 2.56 bits per heavy atom. The molecule has 0 radical (unpaired) electrons. The van der Waals surface area contributed by atoms with Crippen molar-refractivity contribution in [1.29, 1.82) is 0 Å². The molecule has 0 aliphatic carbocycles. The molecule has 1 N–H and O–H groups in total. The van der Waals surface area contributed by atoms with E-state index in [2.05, 4.69) is 9.72 Å². The predicted molar refractivity (Wildman–Crippen MR) is 59.1 cm³/mol. The van der Waals surface area contributed by atoms with Gasteiger partial charge in [0.05, 0.1) is 12.5 Å². The van der Waals surface area contributed by atoms with Crippen molar-refractivity contribution in [1.82, 2.24) is 4.98 Å². The van der Waals surface area contributed by atoms with Crippen LogP contribution in [-0.2, 0) is 12.5 Å². The Bertz CT molecular complexity index is 386. The Kier molecular flexibility index (Phi) is 4.62. The predicted octanol–water partition coefficient (Wildman–Crippen LogP) is 2.82. The number of halogens is 5. The van der Waals surface area contributed by atoms with Gasteiger partial charge >= 0.3 is 6.36 Å². The van der Waals surface area contributed by atoms with E-state index in [1.807, 2.05) is 0 Å². The summed E-state index contributed by atoms with van der Waals surface area (Å²) in [5.74, 6) is -0.756. The van der Waals surface area contributed by atoms with Crippen molar-refractivity contribution < 1.29 is 23.0 Å². The Balaban J connectivity index is 3.16. The lowest BCUT2D eigenvalue weighted by Crippen LogP contribution is -2.19. The van der Waals surface area contributed by atoms with Crippen LogP contribution in [0.5, 0.6) is 5.88 Å². The highest BCUT2D eigenvalue weighted by Gasteiger charge is 2.33. The Morgan fingerprint density at radius 2 is 2.12 bits per heavy atom. The van der Waals surface area contributed by atoms with Gasteiger partial charge < -0.3 is 9.84 Å². The zero-order valence-corrected chi connectivity index (χ0v) is 10.6. The van der Waals surface area contributed by atoms with Crippen LogP contribution in [0, 0.1) is 3.57 Å². The summed E-state index contributed by atoms with van der Waals surface area (Å²) < 4.78 is 40.2. The monoisotopic (exact) mass is 367 g/mol. The molecule has 0 amide bonds. The van der Waals surface area contributed by atoms with Gasteiger partial charge in [0.15, 0.2) is 0 Å². The second-order valence-corrected chi connectivity index (χ2v) is 4.07. The van der Waals surface area contributed by atoms with Crippen molar-refractivity contribution in [3.63, 3.8) is 0 Å². The average Bonchev–Trinajstić information content (AvgIpc) is 2.16. The highest BCUT2D eigenvalue weighted by atomic mass is 127. The summed E-state index contributed by atoms with van der Waals surface area (Å²) in [6.45, 7) is -0.318. The van der Waals surface area contributed by atoms with Crippen molar-refractivity contribution in [3.05, 3.63) is 20.9 Å².